The third-order valence-electron chi connectivity index (χ3n) is 3.69. The van der Waals surface area contributed by atoms with Gasteiger partial charge in [-0.3, -0.25) is 4.79 Å². The molecule has 1 aliphatic rings. The summed E-state index contributed by atoms with van der Waals surface area (Å²) in [5.41, 5.74) is 6.75. The van der Waals surface area contributed by atoms with Crippen LogP contribution in [-0.4, -0.2) is 34.0 Å². The number of rotatable bonds is 3. The van der Waals surface area contributed by atoms with E-state index in [1.165, 1.54) is 0 Å². The van der Waals surface area contributed by atoms with Crippen LogP contribution in [0.5, 0.6) is 0 Å². The average molecular weight is 249 g/mol. The van der Waals surface area contributed by atoms with E-state index in [-0.39, 0.29) is 18.0 Å². The second kappa shape index (κ2) is 5.57. The number of aryl methyl sites for hydroxylation is 1. The van der Waals surface area contributed by atoms with Crippen LogP contribution in [0.2, 0.25) is 0 Å². The Morgan fingerprint density at radius 1 is 1.56 bits per heavy atom. The van der Waals surface area contributed by atoms with Crippen molar-refractivity contribution in [2.45, 2.75) is 51.7 Å². The minimum Gasteiger partial charge on any atom is -0.344 e. The predicted molar refractivity (Wildman–Crippen MR) is 72.4 cm³/mol. The maximum Gasteiger partial charge on any atom is 0.270 e. The molecular weight excluding hydrogens is 226 g/mol. The van der Waals surface area contributed by atoms with Gasteiger partial charge in [0.05, 0.1) is 0 Å². The minimum absolute atomic E-state index is 0.146. The molecule has 1 amide bonds. The molecule has 0 aliphatic carbocycles. The lowest BCUT2D eigenvalue weighted by molar-refractivity contribution is 0.0608. The molecule has 0 spiro atoms. The van der Waals surface area contributed by atoms with Gasteiger partial charge < -0.3 is 15.2 Å². The van der Waals surface area contributed by atoms with E-state index in [2.05, 4.69) is 13.8 Å². The fourth-order valence-electron chi connectivity index (χ4n) is 2.70. The highest BCUT2D eigenvalue weighted by Gasteiger charge is 2.28. The molecular formula is C14H23N3O. The van der Waals surface area contributed by atoms with E-state index < -0.39 is 0 Å². The zero-order valence-electron chi connectivity index (χ0n) is 11.3. The SMILES string of the molecule is CCCn1cccc1C(=O)N1CCC(N)CC1C. The molecule has 1 aliphatic heterocycles. The van der Waals surface area contributed by atoms with Gasteiger partial charge in [0.15, 0.2) is 0 Å². The van der Waals surface area contributed by atoms with Crippen LogP contribution in [0, 0.1) is 0 Å². The quantitative estimate of drug-likeness (QED) is 0.888. The summed E-state index contributed by atoms with van der Waals surface area (Å²) < 4.78 is 2.05. The number of carbonyl (C=O) groups is 1. The molecule has 4 nitrogen and oxygen atoms in total. The highest BCUT2D eigenvalue weighted by molar-refractivity contribution is 5.93. The molecule has 1 aromatic rings. The molecule has 1 fully saturated rings. The number of likely N-dealkylation sites (tertiary alicyclic amines) is 1. The standard InChI is InChI=1S/C14H23N3O/c1-3-7-16-8-4-5-13(16)14(18)17-9-6-12(15)10-11(17)2/h4-5,8,11-12H,3,6-7,9-10,15H2,1-2H3. The molecule has 0 radical (unpaired) electrons. The van der Waals surface area contributed by atoms with Crippen LogP contribution in [0.15, 0.2) is 18.3 Å². The van der Waals surface area contributed by atoms with Gasteiger partial charge in [-0.2, -0.15) is 0 Å². The number of carbonyl (C=O) groups excluding carboxylic acids is 1. The first-order chi connectivity index (χ1) is 8.63. The molecule has 0 aromatic carbocycles. The van der Waals surface area contributed by atoms with Gasteiger partial charge in [0, 0.05) is 31.4 Å². The summed E-state index contributed by atoms with van der Waals surface area (Å²) in [5.74, 6) is 0.146. The Morgan fingerprint density at radius 2 is 2.33 bits per heavy atom. The lowest BCUT2D eigenvalue weighted by atomic mass is 9.99. The van der Waals surface area contributed by atoms with Crippen LogP contribution in [0.1, 0.15) is 43.6 Å². The van der Waals surface area contributed by atoms with E-state index in [0.717, 1.165) is 38.0 Å². The Hall–Kier alpha value is -1.29. The summed E-state index contributed by atoms with van der Waals surface area (Å²) in [6.07, 6.45) is 4.83. The van der Waals surface area contributed by atoms with Gasteiger partial charge in [-0.15, -0.1) is 0 Å². The van der Waals surface area contributed by atoms with Gasteiger partial charge in [-0.25, -0.2) is 0 Å². The van der Waals surface area contributed by atoms with Crippen molar-refractivity contribution < 1.29 is 4.79 Å². The van der Waals surface area contributed by atoms with Crippen molar-refractivity contribution in [2.75, 3.05) is 6.54 Å². The van der Waals surface area contributed by atoms with Crippen molar-refractivity contribution in [1.29, 1.82) is 0 Å². The molecule has 2 N–H and O–H groups in total. The van der Waals surface area contributed by atoms with Gasteiger partial charge in [-0.1, -0.05) is 6.92 Å². The van der Waals surface area contributed by atoms with Crippen LogP contribution >= 0.6 is 0 Å². The van der Waals surface area contributed by atoms with Gasteiger partial charge in [0.1, 0.15) is 5.69 Å². The molecule has 4 heteroatoms. The van der Waals surface area contributed by atoms with E-state index in [0.29, 0.717) is 0 Å². The zero-order chi connectivity index (χ0) is 13.1. The zero-order valence-corrected chi connectivity index (χ0v) is 11.3. The van der Waals surface area contributed by atoms with Crippen LogP contribution < -0.4 is 5.73 Å². The summed E-state index contributed by atoms with van der Waals surface area (Å²) in [4.78, 5) is 14.5. The summed E-state index contributed by atoms with van der Waals surface area (Å²) in [5, 5.41) is 0. The third kappa shape index (κ3) is 2.58. The van der Waals surface area contributed by atoms with Gasteiger partial charge >= 0.3 is 0 Å². The van der Waals surface area contributed by atoms with Crippen LogP contribution in [0.25, 0.3) is 0 Å². The Balaban J connectivity index is 2.13. The number of hydrogen-bond acceptors (Lipinski definition) is 2. The van der Waals surface area contributed by atoms with Crippen molar-refractivity contribution in [3.8, 4) is 0 Å². The number of piperidine rings is 1. The molecule has 2 atom stereocenters. The number of hydrogen-bond donors (Lipinski definition) is 1. The maximum absolute atomic E-state index is 12.5. The lowest BCUT2D eigenvalue weighted by Crippen LogP contribution is -2.48. The van der Waals surface area contributed by atoms with Gasteiger partial charge in [-0.05, 0) is 38.3 Å². The monoisotopic (exact) mass is 249 g/mol. The molecule has 2 heterocycles. The molecule has 18 heavy (non-hydrogen) atoms. The first-order valence-corrected chi connectivity index (χ1v) is 6.85. The largest absolute Gasteiger partial charge is 0.344 e. The number of amides is 1. The third-order valence-corrected chi connectivity index (χ3v) is 3.69. The Labute approximate surface area is 109 Å². The molecule has 2 unspecified atom stereocenters. The highest BCUT2D eigenvalue weighted by Crippen LogP contribution is 2.19. The lowest BCUT2D eigenvalue weighted by Gasteiger charge is -2.36. The Bertz CT molecular complexity index is 413. The number of nitrogens with two attached hydrogens (primary N) is 1. The van der Waals surface area contributed by atoms with Crippen molar-refractivity contribution >= 4 is 5.91 Å². The normalized spacial score (nSPS) is 24.3. The Morgan fingerprint density at radius 3 is 3.00 bits per heavy atom. The van der Waals surface area contributed by atoms with E-state index in [1.54, 1.807) is 0 Å². The second-order valence-corrected chi connectivity index (χ2v) is 5.22. The number of aromatic nitrogens is 1. The van der Waals surface area contributed by atoms with Crippen molar-refractivity contribution in [1.82, 2.24) is 9.47 Å². The molecule has 0 saturated carbocycles. The molecule has 2 rings (SSSR count). The molecule has 1 aromatic heterocycles. The van der Waals surface area contributed by atoms with Crippen molar-refractivity contribution in [3.63, 3.8) is 0 Å². The topological polar surface area (TPSA) is 51.3 Å². The fraction of sp³-hybridized carbons (Fsp3) is 0.643. The van der Waals surface area contributed by atoms with Gasteiger partial charge in [0.2, 0.25) is 0 Å². The maximum atomic E-state index is 12.5. The molecule has 1 saturated heterocycles. The summed E-state index contributed by atoms with van der Waals surface area (Å²) >= 11 is 0. The van der Waals surface area contributed by atoms with E-state index in [4.69, 9.17) is 5.73 Å². The van der Waals surface area contributed by atoms with Crippen LogP contribution in [0.4, 0.5) is 0 Å². The Kier molecular flexibility index (Phi) is 4.07. The smallest absolute Gasteiger partial charge is 0.270 e. The first-order valence-electron chi connectivity index (χ1n) is 6.85. The average Bonchev–Trinajstić information content (AvgIpc) is 2.77. The predicted octanol–water partition coefficient (Wildman–Crippen LogP) is 1.85. The summed E-state index contributed by atoms with van der Waals surface area (Å²) in [7, 11) is 0. The first kappa shape index (κ1) is 13.1. The van der Waals surface area contributed by atoms with Crippen LogP contribution in [-0.2, 0) is 6.54 Å². The second-order valence-electron chi connectivity index (χ2n) is 5.22. The molecule has 0 bridgehead atoms. The molecule has 100 valence electrons. The van der Waals surface area contributed by atoms with Crippen molar-refractivity contribution in [2.24, 2.45) is 5.73 Å². The number of nitrogens with zero attached hydrogens (tertiary/aromatic N) is 2. The van der Waals surface area contributed by atoms with E-state index >= 15 is 0 Å². The van der Waals surface area contributed by atoms with Gasteiger partial charge in [0.25, 0.3) is 5.91 Å². The van der Waals surface area contributed by atoms with Crippen molar-refractivity contribution in [3.05, 3.63) is 24.0 Å². The highest BCUT2D eigenvalue weighted by atomic mass is 16.2. The van der Waals surface area contributed by atoms with Crippen LogP contribution in [0.3, 0.4) is 0 Å². The fourth-order valence-corrected chi connectivity index (χ4v) is 2.70. The minimum atomic E-state index is 0.146. The summed E-state index contributed by atoms with van der Waals surface area (Å²) in [6, 6.07) is 4.35. The van der Waals surface area contributed by atoms with E-state index in [1.807, 2.05) is 27.8 Å². The summed E-state index contributed by atoms with van der Waals surface area (Å²) in [6.45, 7) is 5.88. The van der Waals surface area contributed by atoms with E-state index in [9.17, 15) is 4.79 Å².